The number of amides is 1. The van der Waals surface area contributed by atoms with Gasteiger partial charge in [0.15, 0.2) is 0 Å². The van der Waals surface area contributed by atoms with Crippen LogP contribution in [0, 0.1) is 0 Å². The van der Waals surface area contributed by atoms with Gasteiger partial charge >= 0.3 is 0 Å². The maximum absolute atomic E-state index is 13.5. The molecule has 1 aromatic heterocycles. The van der Waals surface area contributed by atoms with Crippen LogP contribution in [0.5, 0.6) is 11.5 Å². The quantitative estimate of drug-likeness (QED) is 0.553. The summed E-state index contributed by atoms with van der Waals surface area (Å²) >= 11 is 0. The number of carbonyl (C=O) groups is 1. The first-order valence-electron chi connectivity index (χ1n) is 11.8. The predicted octanol–water partition coefficient (Wildman–Crippen LogP) is 3.36. The zero-order valence-corrected chi connectivity index (χ0v) is 19.6. The highest BCUT2D eigenvalue weighted by Gasteiger charge is 2.42. The number of aromatic nitrogens is 2. The van der Waals surface area contributed by atoms with Gasteiger partial charge in [-0.15, -0.1) is 0 Å². The molecule has 1 unspecified atom stereocenters. The minimum Gasteiger partial charge on any atom is -0.497 e. The number of methoxy groups -OCH3 is 1. The normalized spacial score (nSPS) is 18.2. The molecule has 0 bridgehead atoms. The van der Waals surface area contributed by atoms with Crippen LogP contribution in [-0.2, 0) is 4.74 Å². The van der Waals surface area contributed by atoms with Crippen LogP contribution in [0.2, 0.25) is 0 Å². The molecule has 1 saturated heterocycles. The minimum absolute atomic E-state index is 0.0191. The molecule has 0 spiro atoms. The lowest BCUT2D eigenvalue weighted by atomic mass is 9.96. The van der Waals surface area contributed by atoms with Crippen LogP contribution in [0.15, 0.2) is 48.5 Å². The van der Waals surface area contributed by atoms with Gasteiger partial charge in [0.2, 0.25) is 0 Å². The molecule has 0 radical (unpaired) electrons. The molecule has 1 amide bonds. The summed E-state index contributed by atoms with van der Waals surface area (Å²) in [5.41, 5.74) is 4.25. The van der Waals surface area contributed by atoms with Gasteiger partial charge < -0.3 is 19.1 Å². The van der Waals surface area contributed by atoms with E-state index in [0.29, 0.717) is 18.8 Å². The fourth-order valence-electron chi connectivity index (χ4n) is 4.73. The van der Waals surface area contributed by atoms with Gasteiger partial charge in [-0.3, -0.25) is 14.8 Å². The summed E-state index contributed by atoms with van der Waals surface area (Å²) in [5, 5.41) is 7.59. The smallest absolute Gasteiger partial charge is 0.273 e. The maximum Gasteiger partial charge on any atom is 0.273 e. The number of fused-ring (bicyclic) bond motifs is 1. The standard InChI is InChI=1S/C26H30N4O4/c1-3-34-21-10-6-19(7-11-21)25-22-23(18-4-8-20(32-2)9-5-18)27-28-24(22)26(31)30(25)13-12-29-14-16-33-17-15-29/h4-11,25H,3,12-17H2,1-2H3,(H,27,28). The van der Waals surface area contributed by atoms with E-state index < -0.39 is 0 Å². The zero-order valence-electron chi connectivity index (χ0n) is 19.6. The predicted molar refractivity (Wildman–Crippen MR) is 128 cm³/mol. The lowest BCUT2D eigenvalue weighted by Crippen LogP contribution is -2.42. The lowest BCUT2D eigenvalue weighted by molar-refractivity contribution is 0.0316. The number of morpholine rings is 1. The zero-order chi connectivity index (χ0) is 23.5. The SMILES string of the molecule is CCOc1ccc(C2c3c(-c4ccc(OC)cc4)n[nH]c3C(=O)N2CCN2CCOCC2)cc1. The number of aromatic amines is 1. The number of rotatable bonds is 8. The maximum atomic E-state index is 13.5. The first-order chi connectivity index (χ1) is 16.7. The molecule has 0 aliphatic carbocycles. The third-order valence-electron chi connectivity index (χ3n) is 6.49. The molecule has 2 aliphatic heterocycles. The average Bonchev–Trinajstić information content (AvgIpc) is 3.43. The molecular formula is C26H30N4O4. The summed E-state index contributed by atoms with van der Waals surface area (Å²) in [4.78, 5) is 17.8. The molecule has 34 heavy (non-hydrogen) atoms. The third-order valence-corrected chi connectivity index (χ3v) is 6.49. The van der Waals surface area contributed by atoms with Crippen LogP contribution >= 0.6 is 0 Å². The van der Waals surface area contributed by atoms with E-state index >= 15 is 0 Å². The first-order valence-corrected chi connectivity index (χ1v) is 11.8. The summed E-state index contributed by atoms with van der Waals surface area (Å²) < 4.78 is 16.4. The van der Waals surface area contributed by atoms with Crippen molar-refractivity contribution in [2.24, 2.45) is 0 Å². The highest BCUT2D eigenvalue weighted by atomic mass is 16.5. The molecule has 5 rings (SSSR count). The first kappa shape index (κ1) is 22.4. The summed E-state index contributed by atoms with van der Waals surface area (Å²) in [5.74, 6) is 1.58. The minimum atomic E-state index is -0.227. The van der Waals surface area contributed by atoms with Gasteiger partial charge in [0.05, 0.1) is 38.7 Å². The number of carbonyl (C=O) groups excluding carboxylic acids is 1. The average molecular weight is 463 g/mol. The number of ether oxygens (including phenoxy) is 3. The second-order valence-corrected chi connectivity index (χ2v) is 8.45. The van der Waals surface area contributed by atoms with Gasteiger partial charge in [-0.05, 0) is 48.9 Å². The van der Waals surface area contributed by atoms with Crippen LogP contribution in [0.4, 0.5) is 0 Å². The van der Waals surface area contributed by atoms with Crippen molar-refractivity contribution in [2.75, 3.05) is 53.1 Å². The fourth-order valence-corrected chi connectivity index (χ4v) is 4.73. The summed E-state index contributed by atoms with van der Waals surface area (Å²) in [7, 11) is 1.65. The van der Waals surface area contributed by atoms with Crippen LogP contribution in [0.25, 0.3) is 11.3 Å². The topological polar surface area (TPSA) is 79.9 Å². The van der Waals surface area contributed by atoms with E-state index in [0.717, 1.165) is 66.7 Å². The molecule has 178 valence electrons. The Hall–Kier alpha value is -3.36. The van der Waals surface area contributed by atoms with Crippen LogP contribution in [-0.4, -0.2) is 79.0 Å². The molecule has 2 aromatic carbocycles. The number of benzene rings is 2. The number of hydrogen-bond donors (Lipinski definition) is 1. The second-order valence-electron chi connectivity index (χ2n) is 8.45. The number of H-pyrrole nitrogens is 1. The van der Waals surface area contributed by atoms with Crippen molar-refractivity contribution >= 4 is 5.91 Å². The molecule has 3 heterocycles. The van der Waals surface area contributed by atoms with Gasteiger partial charge in [-0.1, -0.05) is 12.1 Å². The van der Waals surface area contributed by atoms with Crippen molar-refractivity contribution in [1.29, 1.82) is 0 Å². The van der Waals surface area contributed by atoms with E-state index in [4.69, 9.17) is 14.2 Å². The van der Waals surface area contributed by atoms with Crippen molar-refractivity contribution < 1.29 is 19.0 Å². The Balaban J connectivity index is 1.50. The molecule has 3 aromatic rings. The summed E-state index contributed by atoms with van der Waals surface area (Å²) in [6.45, 7) is 7.26. The summed E-state index contributed by atoms with van der Waals surface area (Å²) in [6, 6.07) is 15.6. The van der Waals surface area contributed by atoms with E-state index in [2.05, 4.69) is 15.1 Å². The van der Waals surface area contributed by atoms with Gasteiger partial charge in [0.25, 0.3) is 5.91 Å². The molecule has 8 heteroatoms. The molecular weight excluding hydrogens is 432 g/mol. The van der Waals surface area contributed by atoms with Crippen molar-refractivity contribution in [3.8, 4) is 22.8 Å². The van der Waals surface area contributed by atoms with E-state index in [1.807, 2.05) is 60.4 Å². The number of nitrogens with zero attached hydrogens (tertiary/aromatic N) is 3. The molecule has 1 N–H and O–H groups in total. The van der Waals surface area contributed by atoms with Crippen molar-refractivity contribution in [3.05, 3.63) is 65.4 Å². The van der Waals surface area contributed by atoms with Gasteiger partial charge in [0, 0.05) is 37.3 Å². The largest absolute Gasteiger partial charge is 0.497 e. The van der Waals surface area contributed by atoms with Crippen molar-refractivity contribution in [3.63, 3.8) is 0 Å². The van der Waals surface area contributed by atoms with Crippen LogP contribution in [0.1, 0.15) is 34.6 Å². The Morgan fingerprint density at radius 1 is 1.03 bits per heavy atom. The van der Waals surface area contributed by atoms with Crippen molar-refractivity contribution in [2.45, 2.75) is 13.0 Å². The van der Waals surface area contributed by atoms with E-state index in [9.17, 15) is 4.79 Å². The molecule has 8 nitrogen and oxygen atoms in total. The summed E-state index contributed by atoms with van der Waals surface area (Å²) in [6.07, 6.45) is 0. The Labute approximate surface area is 199 Å². The second kappa shape index (κ2) is 9.87. The van der Waals surface area contributed by atoms with Crippen LogP contribution < -0.4 is 9.47 Å². The molecule has 0 saturated carbocycles. The third kappa shape index (κ3) is 4.26. The Bertz CT molecular complexity index is 1120. The van der Waals surface area contributed by atoms with E-state index in [1.165, 1.54) is 0 Å². The van der Waals surface area contributed by atoms with E-state index in [1.54, 1.807) is 7.11 Å². The van der Waals surface area contributed by atoms with E-state index in [-0.39, 0.29) is 11.9 Å². The van der Waals surface area contributed by atoms with Crippen LogP contribution in [0.3, 0.4) is 0 Å². The van der Waals surface area contributed by atoms with Gasteiger partial charge in [-0.2, -0.15) is 5.10 Å². The van der Waals surface area contributed by atoms with Gasteiger partial charge in [-0.25, -0.2) is 0 Å². The highest BCUT2D eigenvalue weighted by Crippen LogP contribution is 2.43. The van der Waals surface area contributed by atoms with Crippen molar-refractivity contribution in [1.82, 2.24) is 20.0 Å². The fraction of sp³-hybridized carbons (Fsp3) is 0.385. The highest BCUT2D eigenvalue weighted by molar-refractivity contribution is 6.00. The molecule has 1 atom stereocenters. The molecule has 1 fully saturated rings. The van der Waals surface area contributed by atoms with Gasteiger partial charge in [0.1, 0.15) is 17.2 Å². The Kier molecular flexibility index (Phi) is 6.51. The number of nitrogens with one attached hydrogen (secondary N) is 1. The number of hydrogen-bond acceptors (Lipinski definition) is 6. The molecule has 2 aliphatic rings. The monoisotopic (exact) mass is 462 g/mol. The Morgan fingerprint density at radius 2 is 1.74 bits per heavy atom. The Morgan fingerprint density at radius 3 is 2.41 bits per heavy atom. The lowest BCUT2D eigenvalue weighted by Gasteiger charge is -2.31.